The van der Waals surface area contributed by atoms with Gasteiger partial charge in [-0.2, -0.15) is 14.6 Å². The lowest BCUT2D eigenvalue weighted by Gasteiger charge is -2.09. The molecule has 118 valence electrons. The number of thiophene rings is 1. The van der Waals surface area contributed by atoms with Gasteiger partial charge in [0.2, 0.25) is 5.88 Å². The van der Waals surface area contributed by atoms with Crippen molar-refractivity contribution in [1.29, 1.82) is 0 Å². The molecular weight excluding hydrogens is 342 g/mol. The molecule has 0 atom stereocenters. The molecule has 0 saturated carbocycles. The molecule has 0 fully saturated rings. The van der Waals surface area contributed by atoms with E-state index in [1.54, 1.807) is 27.2 Å². The highest BCUT2D eigenvalue weighted by Crippen LogP contribution is 2.40. The van der Waals surface area contributed by atoms with Gasteiger partial charge < -0.3 is 4.74 Å². The summed E-state index contributed by atoms with van der Waals surface area (Å²) >= 11 is 3.35. The van der Waals surface area contributed by atoms with Gasteiger partial charge in [-0.25, -0.2) is 9.97 Å². The second-order valence-electron chi connectivity index (χ2n) is 5.43. The predicted octanol–water partition coefficient (Wildman–Crippen LogP) is 4.36. The number of benzene rings is 1. The van der Waals surface area contributed by atoms with E-state index in [2.05, 4.69) is 31.5 Å². The molecule has 8 heteroatoms. The Bertz CT molecular complexity index is 1220. The van der Waals surface area contributed by atoms with Crippen molar-refractivity contribution >= 4 is 48.8 Å². The molecule has 0 spiro atoms. The van der Waals surface area contributed by atoms with Crippen molar-refractivity contribution in [3.05, 3.63) is 40.6 Å². The standard InChI is InChI=1S/C16H11N5OS2/c1-8-5-13(21-16(19-8)17-7-18-21)22-11-6-12-14(20-9(2)24-12)15-10(11)3-4-23-15/h3-7H,1-2H3. The summed E-state index contributed by atoms with van der Waals surface area (Å²) in [5.74, 6) is 1.93. The summed E-state index contributed by atoms with van der Waals surface area (Å²) in [6.07, 6.45) is 1.48. The first-order chi connectivity index (χ1) is 11.7. The fraction of sp³-hybridized carbons (Fsp3) is 0.125. The second-order valence-corrected chi connectivity index (χ2v) is 7.58. The largest absolute Gasteiger partial charge is 0.438 e. The summed E-state index contributed by atoms with van der Waals surface area (Å²) in [4.78, 5) is 13.1. The molecule has 5 rings (SSSR count). The van der Waals surface area contributed by atoms with Crippen molar-refractivity contribution in [1.82, 2.24) is 24.6 Å². The van der Waals surface area contributed by atoms with Gasteiger partial charge in [-0.1, -0.05) is 0 Å². The van der Waals surface area contributed by atoms with Crippen molar-refractivity contribution in [2.45, 2.75) is 13.8 Å². The Hall–Kier alpha value is -2.58. The Balaban J connectivity index is 1.75. The lowest BCUT2D eigenvalue weighted by molar-refractivity contribution is 0.451. The number of aryl methyl sites for hydroxylation is 2. The lowest BCUT2D eigenvalue weighted by Crippen LogP contribution is -1.99. The van der Waals surface area contributed by atoms with Crippen LogP contribution in [0.5, 0.6) is 11.6 Å². The molecule has 0 bridgehead atoms. The third kappa shape index (κ3) is 2.00. The molecular formula is C16H11N5OS2. The second kappa shape index (κ2) is 4.96. The van der Waals surface area contributed by atoms with Crippen molar-refractivity contribution in [2.75, 3.05) is 0 Å². The molecule has 0 saturated heterocycles. The van der Waals surface area contributed by atoms with Crippen LogP contribution in [0, 0.1) is 13.8 Å². The Labute approximate surface area is 144 Å². The lowest BCUT2D eigenvalue weighted by atomic mass is 10.2. The summed E-state index contributed by atoms with van der Waals surface area (Å²) in [6, 6.07) is 5.98. The fourth-order valence-electron chi connectivity index (χ4n) is 2.75. The zero-order valence-corrected chi connectivity index (χ0v) is 14.5. The number of ether oxygens (including phenoxy) is 1. The average molecular weight is 353 g/mol. The molecule has 6 nitrogen and oxygen atoms in total. The topological polar surface area (TPSA) is 65.2 Å². The zero-order chi connectivity index (χ0) is 16.3. The molecule has 4 aromatic heterocycles. The highest BCUT2D eigenvalue weighted by atomic mass is 32.1. The van der Waals surface area contributed by atoms with E-state index < -0.39 is 0 Å². The first kappa shape index (κ1) is 13.8. The minimum absolute atomic E-state index is 0.529. The van der Waals surface area contributed by atoms with Crippen LogP contribution in [0.1, 0.15) is 10.7 Å². The number of hydrogen-bond acceptors (Lipinski definition) is 7. The Kier molecular flexibility index (Phi) is 2.85. The van der Waals surface area contributed by atoms with E-state index in [0.717, 1.165) is 36.8 Å². The van der Waals surface area contributed by atoms with Crippen LogP contribution in [0.15, 0.2) is 29.9 Å². The monoisotopic (exact) mass is 353 g/mol. The number of fused-ring (bicyclic) bond motifs is 4. The number of aromatic nitrogens is 5. The molecule has 0 N–H and O–H groups in total. The predicted molar refractivity (Wildman–Crippen MR) is 95.3 cm³/mol. The van der Waals surface area contributed by atoms with Crippen molar-refractivity contribution in [2.24, 2.45) is 0 Å². The third-order valence-electron chi connectivity index (χ3n) is 3.73. The number of thiazole rings is 1. The summed E-state index contributed by atoms with van der Waals surface area (Å²) in [7, 11) is 0. The van der Waals surface area contributed by atoms with E-state index in [9.17, 15) is 0 Å². The van der Waals surface area contributed by atoms with Gasteiger partial charge in [0.05, 0.1) is 19.9 Å². The summed E-state index contributed by atoms with van der Waals surface area (Å²) in [6.45, 7) is 3.94. The fourth-order valence-corrected chi connectivity index (χ4v) is 4.59. The van der Waals surface area contributed by atoms with Gasteiger partial charge in [0, 0.05) is 23.2 Å². The van der Waals surface area contributed by atoms with Gasteiger partial charge in [0.15, 0.2) is 0 Å². The summed E-state index contributed by atoms with van der Waals surface area (Å²) in [5, 5.41) is 8.37. The van der Waals surface area contributed by atoms with E-state index in [0.29, 0.717) is 11.7 Å². The van der Waals surface area contributed by atoms with Crippen LogP contribution in [-0.4, -0.2) is 24.6 Å². The van der Waals surface area contributed by atoms with E-state index in [4.69, 9.17) is 4.74 Å². The number of nitrogens with zero attached hydrogens (tertiary/aromatic N) is 5. The van der Waals surface area contributed by atoms with Crippen LogP contribution in [-0.2, 0) is 0 Å². The van der Waals surface area contributed by atoms with E-state index in [1.165, 1.54) is 6.33 Å². The van der Waals surface area contributed by atoms with E-state index in [-0.39, 0.29) is 0 Å². The molecule has 0 aliphatic carbocycles. The maximum atomic E-state index is 6.23. The number of rotatable bonds is 2. The van der Waals surface area contributed by atoms with E-state index >= 15 is 0 Å². The molecule has 0 unspecified atom stereocenters. The van der Waals surface area contributed by atoms with Crippen LogP contribution in [0.2, 0.25) is 0 Å². The molecule has 24 heavy (non-hydrogen) atoms. The Morgan fingerprint density at radius 1 is 1.17 bits per heavy atom. The van der Waals surface area contributed by atoms with Gasteiger partial charge >= 0.3 is 0 Å². The molecule has 0 amide bonds. The number of hydrogen-bond donors (Lipinski definition) is 0. The van der Waals surface area contributed by atoms with Crippen LogP contribution < -0.4 is 4.74 Å². The van der Waals surface area contributed by atoms with Crippen molar-refractivity contribution in [3.63, 3.8) is 0 Å². The van der Waals surface area contributed by atoms with E-state index in [1.807, 2.05) is 26.0 Å². The molecule has 0 aliphatic rings. The summed E-state index contributed by atoms with van der Waals surface area (Å²) < 4.78 is 10.1. The minimum atomic E-state index is 0.529. The Morgan fingerprint density at radius 2 is 2.08 bits per heavy atom. The van der Waals surface area contributed by atoms with Gasteiger partial charge in [0.25, 0.3) is 5.78 Å². The quantitative estimate of drug-likeness (QED) is 0.472. The van der Waals surface area contributed by atoms with Crippen LogP contribution in [0.3, 0.4) is 0 Å². The van der Waals surface area contributed by atoms with Gasteiger partial charge in [-0.15, -0.1) is 22.7 Å². The van der Waals surface area contributed by atoms with Crippen molar-refractivity contribution in [3.8, 4) is 11.6 Å². The molecule has 4 heterocycles. The van der Waals surface area contributed by atoms with Crippen LogP contribution in [0.25, 0.3) is 26.1 Å². The highest BCUT2D eigenvalue weighted by Gasteiger charge is 2.15. The van der Waals surface area contributed by atoms with Crippen molar-refractivity contribution < 1.29 is 4.74 Å². The average Bonchev–Trinajstić information content (AvgIpc) is 3.24. The maximum absolute atomic E-state index is 6.23. The third-order valence-corrected chi connectivity index (χ3v) is 5.57. The Morgan fingerprint density at radius 3 is 3.00 bits per heavy atom. The van der Waals surface area contributed by atoms with Crippen LogP contribution in [0.4, 0.5) is 0 Å². The molecule has 5 aromatic rings. The maximum Gasteiger partial charge on any atom is 0.255 e. The van der Waals surface area contributed by atoms with Gasteiger partial charge in [0.1, 0.15) is 12.1 Å². The molecule has 0 aliphatic heterocycles. The van der Waals surface area contributed by atoms with Gasteiger partial charge in [-0.05, 0) is 25.3 Å². The minimum Gasteiger partial charge on any atom is -0.438 e. The smallest absolute Gasteiger partial charge is 0.255 e. The van der Waals surface area contributed by atoms with Gasteiger partial charge in [-0.3, -0.25) is 0 Å². The SMILES string of the molecule is Cc1cc(Oc2cc3sc(C)nc3c3sccc23)n2ncnc2n1. The van der Waals surface area contributed by atoms with Crippen LogP contribution >= 0.6 is 22.7 Å². The summed E-state index contributed by atoms with van der Waals surface area (Å²) in [5.41, 5.74) is 1.88. The highest BCUT2D eigenvalue weighted by molar-refractivity contribution is 7.21. The zero-order valence-electron chi connectivity index (χ0n) is 12.8. The normalized spacial score (nSPS) is 11.8. The molecule has 0 radical (unpaired) electrons. The first-order valence-corrected chi connectivity index (χ1v) is 9.01. The first-order valence-electron chi connectivity index (χ1n) is 7.31. The molecule has 1 aromatic carbocycles.